The minimum Gasteiger partial charge on any atom is -0.481 e. The van der Waals surface area contributed by atoms with E-state index in [9.17, 15) is 8.42 Å². The van der Waals surface area contributed by atoms with Gasteiger partial charge < -0.3 is 5.11 Å². The molecule has 0 amide bonds. The zero-order valence-corrected chi connectivity index (χ0v) is 14.5. The maximum absolute atomic E-state index is 12.8. The Bertz CT molecular complexity index is 969. The summed E-state index contributed by atoms with van der Waals surface area (Å²) < 4.78 is 27.0. The summed E-state index contributed by atoms with van der Waals surface area (Å²) in [6.07, 6.45) is 0. The first-order chi connectivity index (χ1) is 11.2. The van der Waals surface area contributed by atoms with E-state index in [1.54, 1.807) is 24.3 Å². The topological polar surface area (TPSA) is 76.4 Å². The lowest BCUT2D eigenvalue weighted by Gasteiger charge is -2.10. The lowest BCUT2D eigenvalue weighted by Crippen LogP contribution is -2.14. The van der Waals surface area contributed by atoms with Crippen LogP contribution in [0.5, 0.6) is 0 Å². The molecule has 0 aliphatic carbocycles. The second-order valence-electron chi connectivity index (χ2n) is 5.39. The first kappa shape index (κ1) is 17.7. The van der Waals surface area contributed by atoms with Gasteiger partial charge in [-0.05, 0) is 43.7 Å². The number of carboxylic acid groups (broad SMARTS) is 1. The molecular formula is C18H19NO4S. The van der Waals surface area contributed by atoms with Crippen LogP contribution in [-0.2, 0) is 14.8 Å². The number of fused-ring (bicyclic) bond motifs is 1. The van der Waals surface area contributed by atoms with Crippen molar-refractivity contribution < 1.29 is 18.3 Å². The molecule has 3 aromatic rings. The molecule has 126 valence electrons. The first-order valence-electron chi connectivity index (χ1n) is 7.33. The van der Waals surface area contributed by atoms with Crippen LogP contribution in [0.3, 0.4) is 0 Å². The third-order valence-electron chi connectivity index (χ3n) is 3.47. The third kappa shape index (κ3) is 3.49. The van der Waals surface area contributed by atoms with Crippen LogP contribution in [0.15, 0.2) is 59.5 Å². The number of aliphatic carboxylic acids is 1. The van der Waals surface area contributed by atoms with Crippen molar-refractivity contribution in [3.8, 4) is 0 Å². The fourth-order valence-corrected chi connectivity index (χ4v) is 4.07. The average Bonchev–Trinajstić information content (AvgIpc) is 2.86. The van der Waals surface area contributed by atoms with Gasteiger partial charge >= 0.3 is 0 Å². The smallest absolute Gasteiger partial charge is 0.300 e. The highest BCUT2D eigenvalue weighted by molar-refractivity contribution is 7.90. The number of hydrogen-bond acceptors (Lipinski definition) is 3. The molecular weight excluding hydrogens is 326 g/mol. The highest BCUT2D eigenvalue weighted by Crippen LogP contribution is 2.27. The van der Waals surface area contributed by atoms with Crippen molar-refractivity contribution in [2.45, 2.75) is 25.7 Å². The number of aryl methyl sites for hydroxylation is 2. The number of hydrogen-bond donors (Lipinski definition) is 1. The molecule has 0 aliphatic rings. The van der Waals surface area contributed by atoms with Gasteiger partial charge in [0.05, 0.1) is 10.4 Å². The van der Waals surface area contributed by atoms with Crippen LogP contribution in [0.25, 0.3) is 10.9 Å². The van der Waals surface area contributed by atoms with Gasteiger partial charge in [0.25, 0.3) is 16.0 Å². The molecule has 0 bridgehead atoms. The number of rotatable bonds is 2. The molecule has 6 heteroatoms. The first-order valence-corrected chi connectivity index (χ1v) is 8.77. The summed E-state index contributed by atoms with van der Waals surface area (Å²) in [5.74, 6) is -0.833. The van der Waals surface area contributed by atoms with E-state index in [2.05, 4.69) is 0 Å². The van der Waals surface area contributed by atoms with Gasteiger partial charge in [0, 0.05) is 18.0 Å². The molecule has 1 aromatic heterocycles. The summed E-state index contributed by atoms with van der Waals surface area (Å²) in [7, 11) is -3.55. The molecule has 0 saturated heterocycles. The highest BCUT2D eigenvalue weighted by atomic mass is 32.2. The molecule has 2 aromatic carbocycles. The van der Waals surface area contributed by atoms with Gasteiger partial charge in [-0.1, -0.05) is 30.3 Å². The maximum Gasteiger partial charge on any atom is 0.300 e. The zero-order valence-electron chi connectivity index (χ0n) is 13.7. The molecule has 3 rings (SSSR count). The van der Waals surface area contributed by atoms with Crippen LogP contribution in [0.1, 0.15) is 18.2 Å². The Labute approximate surface area is 141 Å². The van der Waals surface area contributed by atoms with Crippen LogP contribution in [0.2, 0.25) is 0 Å². The van der Waals surface area contributed by atoms with Crippen molar-refractivity contribution in [3.05, 3.63) is 65.9 Å². The Balaban J connectivity index is 0.000000471. The second-order valence-corrected chi connectivity index (χ2v) is 7.18. The Morgan fingerprint density at radius 1 is 1.00 bits per heavy atom. The van der Waals surface area contributed by atoms with Crippen LogP contribution < -0.4 is 0 Å². The maximum atomic E-state index is 12.8. The van der Waals surface area contributed by atoms with Crippen LogP contribution in [0.4, 0.5) is 0 Å². The fraction of sp³-hybridized carbons (Fsp3) is 0.167. The van der Waals surface area contributed by atoms with E-state index in [1.807, 2.05) is 44.2 Å². The number of benzene rings is 2. The summed E-state index contributed by atoms with van der Waals surface area (Å²) in [5.41, 5.74) is 2.53. The van der Waals surface area contributed by atoms with Crippen LogP contribution >= 0.6 is 0 Å². The monoisotopic (exact) mass is 345 g/mol. The summed E-state index contributed by atoms with van der Waals surface area (Å²) in [4.78, 5) is 9.31. The molecule has 0 radical (unpaired) electrons. The van der Waals surface area contributed by atoms with Crippen molar-refractivity contribution in [2.24, 2.45) is 0 Å². The molecule has 0 atom stereocenters. The number of carbonyl (C=O) groups is 1. The fourth-order valence-electron chi connectivity index (χ4n) is 2.50. The lowest BCUT2D eigenvalue weighted by atomic mass is 10.1. The van der Waals surface area contributed by atoms with Crippen molar-refractivity contribution in [2.75, 3.05) is 0 Å². The van der Waals surface area contributed by atoms with Gasteiger partial charge in [0.2, 0.25) is 0 Å². The summed E-state index contributed by atoms with van der Waals surface area (Å²) in [6, 6.07) is 16.2. The lowest BCUT2D eigenvalue weighted by molar-refractivity contribution is -0.134. The molecule has 0 aliphatic heterocycles. The predicted octanol–water partition coefficient (Wildman–Crippen LogP) is 3.59. The Kier molecular flexibility index (Phi) is 5.09. The van der Waals surface area contributed by atoms with Crippen molar-refractivity contribution in [1.29, 1.82) is 0 Å². The quantitative estimate of drug-likeness (QED) is 0.770. The number of nitrogens with zero attached hydrogens (tertiary/aromatic N) is 1. The number of aromatic nitrogens is 1. The second kappa shape index (κ2) is 6.88. The van der Waals surface area contributed by atoms with Crippen LogP contribution in [-0.4, -0.2) is 23.5 Å². The molecule has 1 N–H and O–H groups in total. The van der Waals surface area contributed by atoms with Gasteiger partial charge in [-0.3, -0.25) is 4.79 Å². The van der Waals surface area contributed by atoms with Crippen molar-refractivity contribution in [1.82, 2.24) is 3.97 Å². The normalized spacial score (nSPS) is 11.0. The number of carboxylic acids is 1. The molecule has 24 heavy (non-hydrogen) atoms. The van der Waals surface area contributed by atoms with E-state index < -0.39 is 16.0 Å². The van der Waals surface area contributed by atoms with E-state index >= 15 is 0 Å². The molecule has 0 fully saturated rings. The Morgan fingerprint density at radius 3 is 2.17 bits per heavy atom. The molecule has 0 saturated carbocycles. The summed E-state index contributed by atoms with van der Waals surface area (Å²) >= 11 is 0. The van der Waals surface area contributed by atoms with Gasteiger partial charge in [0.1, 0.15) is 0 Å². The highest BCUT2D eigenvalue weighted by Gasteiger charge is 2.21. The molecule has 5 nitrogen and oxygen atoms in total. The van der Waals surface area contributed by atoms with Gasteiger partial charge in [-0.15, -0.1) is 0 Å². The van der Waals surface area contributed by atoms with E-state index in [4.69, 9.17) is 9.90 Å². The SMILES string of the molecule is CC(=O)O.Cc1cccc2c1cc(C)n2S(=O)(=O)c1ccccc1. The van der Waals surface area contributed by atoms with E-state index in [0.29, 0.717) is 4.90 Å². The largest absolute Gasteiger partial charge is 0.481 e. The summed E-state index contributed by atoms with van der Waals surface area (Å²) in [5, 5.41) is 8.39. The zero-order chi connectivity index (χ0) is 17.9. The Morgan fingerprint density at radius 2 is 1.58 bits per heavy atom. The van der Waals surface area contributed by atoms with E-state index in [1.165, 1.54) is 3.97 Å². The predicted molar refractivity (Wildman–Crippen MR) is 93.7 cm³/mol. The minimum absolute atomic E-state index is 0.308. The van der Waals surface area contributed by atoms with Gasteiger partial charge in [-0.25, -0.2) is 12.4 Å². The summed E-state index contributed by atoms with van der Waals surface area (Å²) in [6.45, 7) is 4.89. The average molecular weight is 345 g/mol. The van der Waals surface area contributed by atoms with E-state index in [0.717, 1.165) is 29.1 Å². The van der Waals surface area contributed by atoms with Gasteiger partial charge in [0.15, 0.2) is 0 Å². The molecule has 0 spiro atoms. The van der Waals surface area contributed by atoms with Crippen LogP contribution in [0, 0.1) is 13.8 Å². The van der Waals surface area contributed by atoms with Gasteiger partial charge in [-0.2, -0.15) is 0 Å². The molecule has 1 heterocycles. The standard InChI is InChI=1S/C16H15NO2S.C2H4O2/c1-12-7-6-10-16-15(12)11-13(2)17(16)20(18,19)14-8-4-3-5-9-14;1-2(3)4/h3-11H,1-2H3;1H3,(H,3,4). The minimum atomic E-state index is -3.55. The molecule has 0 unspecified atom stereocenters. The Hall–Kier alpha value is -2.60. The van der Waals surface area contributed by atoms with E-state index in [-0.39, 0.29) is 0 Å². The van der Waals surface area contributed by atoms with Crippen molar-refractivity contribution in [3.63, 3.8) is 0 Å². The van der Waals surface area contributed by atoms with Crippen molar-refractivity contribution >= 4 is 26.9 Å². The third-order valence-corrected chi connectivity index (χ3v) is 5.31.